The van der Waals surface area contributed by atoms with Crippen LogP contribution in [0.2, 0.25) is 10.0 Å². The molecular weight excluding hydrogens is 372 g/mol. The Kier molecular flexibility index (Phi) is 6.30. The first kappa shape index (κ1) is 19.1. The van der Waals surface area contributed by atoms with Crippen LogP contribution in [-0.2, 0) is 4.79 Å². The lowest BCUT2D eigenvalue weighted by atomic mass is 10.1. The van der Waals surface area contributed by atoms with E-state index in [0.717, 1.165) is 0 Å². The molecule has 0 spiro atoms. The lowest BCUT2D eigenvalue weighted by molar-refractivity contribution is -0.682. The Balaban J connectivity index is 2.01. The zero-order chi connectivity index (χ0) is 18.6. The van der Waals surface area contributed by atoms with E-state index in [1.54, 1.807) is 18.3 Å². The number of hydrogen-bond donors (Lipinski definition) is 2. The van der Waals surface area contributed by atoms with E-state index in [1.807, 2.05) is 0 Å². The standard InChI is InChI=1S/C16H14Cl2FN3O3/c1-9(10-6-13(19)12(18)7-11(10)17)20-8-16(23)21-14-4-2-3-5-15(14)22(24)25/h2-7,9,20H,8H2,1H3,(H,21,23)/p+1/t9-/m1/s1. The van der Waals surface area contributed by atoms with Crippen molar-refractivity contribution in [1.29, 1.82) is 0 Å². The van der Waals surface area contributed by atoms with Gasteiger partial charge in [-0.3, -0.25) is 14.9 Å². The minimum atomic E-state index is -0.592. The van der Waals surface area contributed by atoms with Crippen LogP contribution in [-0.4, -0.2) is 17.4 Å². The zero-order valence-electron chi connectivity index (χ0n) is 13.1. The molecule has 0 bridgehead atoms. The van der Waals surface area contributed by atoms with Gasteiger partial charge >= 0.3 is 0 Å². The van der Waals surface area contributed by atoms with Crippen molar-refractivity contribution in [2.24, 2.45) is 0 Å². The number of para-hydroxylation sites is 2. The summed E-state index contributed by atoms with van der Waals surface area (Å²) < 4.78 is 13.6. The monoisotopic (exact) mass is 386 g/mol. The summed E-state index contributed by atoms with van der Waals surface area (Å²) in [6.07, 6.45) is 0. The van der Waals surface area contributed by atoms with E-state index in [9.17, 15) is 19.3 Å². The molecule has 0 aromatic heterocycles. The van der Waals surface area contributed by atoms with Gasteiger partial charge in [0.25, 0.3) is 11.6 Å². The van der Waals surface area contributed by atoms with Crippen LogP contribution < -0.4 is 10.6 Å². The van der Waals surface area contributed by atoms with Gasteiger partial charge in [-0.05, 0) is 25.1 Å². The van der Waals surface area contributed by atoms with Crippen molar-refractivity contribution in [3.8, 4) is 0 Å². The minimum absolute atomic E-state index is 0.0200. The van der Waals surface area contributed by atoms with Gasteiger partial charge in [0.2, 0.25) is 0 Å². The number of benzene rings is 2. The largest absolute Gasteiger partial charge is 0.332 e. The molecule has 0 heterocycles. The third-order valence-electron chi connectivity index (χ3n) is 3.56. The van der Waals surface area contributed by atoms with Gasteiger partial charge in [-0.15, -0.1) is 0 Å². The van der Waals surface area contributed by atoms with Crippen molar-refractivity contribution < 1.29 is 19.4 Å². The van der Waals surface area contributed by atoms with Crippen LogP contribution in [0.4, 0.5) is 15.8 Å². The molecule has 0 fully saturated rings. The molecular formula is C16H15Cl2FN3O3+. The summed E-state index contributed by atoms with van der Waals surface area (Å²) in [5.41, 5.74) is 0.433. The second kappa shape index (κ2) is 8.24. The van der Waals surface area contributed by atoms with Gasteiger partial charge in [-0.2, -0.15) is 0 Å². The third kappa shape index (κ3) is 4.88. The minimum Gasteiger partial charge on any atom is -0.332 e. The van der Waals surface area contributed by atoms with E-state index in [2.05, 4.69) is 5.32 Å². The van der Waals surface area contributed by atoms with Gasteiger partial charge in [0.1, 0.15) is 17.5 Å². The van der Waals surface area contributed by atoms with Gasteiger partial charge in [-0.25, -0.2) is 4.39 Å². The highest BCUT2D eigenvalue weighted by atomic mass is 35.5. The molecule has 0 saturated heterocycles. The predicted octanol–water partition coefficient (Wildman–Crippen LogP) is 3.30. The number of amides is 1. The molecule has 1 amide bonds. The number of rotatable bonds is 6. The number of halogens is 3. The van der Waals surface area contributed by atoms with Crippen LogP contribution in [0.15, 0.2) is 36.4 Å². The van der Waals surface area contributed by atoms with E-state index in [1.165, 1.54) is 30.3 Å². The van der Waals surface area contributed by atoms with Crippen molar-refractivity contribution in [3.05, 3.63) is 67.9 Å². The Morgan fingerprint density at radius 3 is 2.68 bits per heavy atom. The fourth-order valence-electron chi connectivity index (χ4n) is 2.24. The summed E-state index contributed by atoms with van der Waals surface area (Å²) in [4.78, 5) is 22.4. The molecule has 3 N–H and O–H groups in total. The van der Waals surface area contributed by atoms with Gasteiger partial charge in [0.05, 0.1) is 15.0 Å². The SMILES string of the molecule is C[C@@H]([NH2+]CC(=O)Nc1ccccc1[N+](=O)[O-])c1cc(F)c(Cl)cc1Cl. The lowest BCUT2D eigenvalue weighted by Crippen LogP contribution is -2.86. The third-order valence-corrected chi connectivity index (χ3v) is 4.18. The zero-order valence-corrected chi connectivity index (χ0v) is 14.6. The van der Waals surface area contributed by atoms with Gasteiger partial charge < -0.3 is 10.6 Å². The van der Waals surface area contributed by atoms with E-state index in [-0.39, 0.29) is 29.0 Å². The second-order valence-corrected chi connectivity index (χ2v) is 6.15. The molecule has 0 unspecified atom stereocenters. The highest BCUT2D eigenvalue weighted by Gasteiger charge is 2.19. The molecule has 0 aliphatic carbocycles. The summed E-state index contributed by atoms with van der Waals surface area (Å²) in [5.74, 6) is -1.02. The molecule has 9 heteroatoms. The van der Waals surface area contributed by atoms with Crippen LogP contribution >= 0.6 is 23.2 Å². The fraction of sp³-hybridized carbons (Fsp3) is 0.188. The Bertz CT molecular complexity index is 817. The number of nitrogens with zero attached hydrogens (tertiary/aromatic N) is 1. The Hall–Kier alpha value is -2.22. The summed E-state index contributed by atoms with van der Waals surface area (Å²) in [5, 5.41) is 15.3. The van der Waals surface area contributed by atoms with Crippen LogP contribution in [0.5, 0.6) is 0 Å². The van der Waals surface area contributed by atoms with Crippen molar-refractivity contribution in [2.45, 2.75) is 13.0 Å². The Labute approximate surface area is 153 Å². The number of anilines is 1. The van der Waals surface area contributed by atoms with Gasteiger partial charge in [0.15, 0.2) is 6.54 Å². The first-order chi connectivity index (χ1) is 11.8. The second-order valence-electron chi connectivity index (χ2n) is 5.34. The number of nitrogens with two attached hydrogens (primary N) is 1. The van der Waals surface area contributed by atoms with E-state index < -0.39 is 16.6 Å². The summed E-state index contributed by atoms with van der Waals surface area (Å²) in [7, 11) is 0. The first-order valence-electron chi connectivity index (χ1n) is 7.30. The van der Waals surface area contributed by atoms with Crippen LogP contribution in [0.25, 0.3) is 0 Å². The van der Waals surface area contributed by atoms with E-state index in [0.29, 0.717) is 10.6 Å². The molecule has 0 radical (unpaired) electrons. The average molecular weight is 387 g/mol. The van der Waals surface area contributed by atoms with Crippen LogP contribution in [0, 0.1) is 15.9 Å². The molecule has 132 valence electrons. The smallest absolute Gasteiger partial charge is 0.292 e. The molecule has 6 nitrogen and oxygen atoms in total. The molecule has 0 aliphatic rings. The number of quaternary nitrogens is 1. The maximum absolute atomic E-state index is 13.6. The van der Waals surface area contributed by atoms with Crippen LogP contribution in [0.3, 0.4) is 0 Å². The number of nitro groups is 1. The van der Waals surface area contributed by atoms with Crippen molar-refractivity contribution in [3.63, 3.8) is 0 Å². The van der Waals surface area contributed by atoms with Gasteiger partial charge in [0, 0.05) is 11.6 Å². The number of hydrogen-bond acceptors (Lipinski definition) is 3. The highest BCUT2D eigenvalue weighted by molar-refractivity contribution is 6.35. The Morgan fingerprint density at radius 1 is 1.32 bits per heavy atom. The Morgan fingerprint density at radius 2 is 2.00 bits per heavy atom. The number of nitro benzene ring substituents is 1. The van der Waals surface area contributed by atoms with Crippen molar-refractivity contribution in [1.82, 2.24) is 0 Å². The van der Waals surface area contributed by atoms with E-state index in [4.69, 9.17) is 23.2 Å². The number of carbonyl (C=O) groups is 1. The number of nitrogens with one attached hydrogen (secondary N) is 1. The normalized spacial score (nSPS) is 11.8. The molecule has 25 heavy (non-hydrogen) atoms. The molecule has 1 atom stereocenters. The molecule has 2 aromatic carbocycles. The average Bonchev–Trinajstić information content (AvgIpc) is 2.56. The number of carbonyl (C=O) groups excluding carboxylic acids is 1. The summed E-state index contributed by atoms with van der Waals surface area (Å²) >= 11 is 11.7. The first-order valence-corrected chi connectivity index (χ1v) is 8.06. The molecule has 0 saturated carbocycles. The summed E-state index contributed by atoms with van der Waals surface area (Å²) in [6.45, 7) is 1.74. The molecule has 2 rings (SSSR count). The lowest BCUT2D eigenvalue weighted by Gasteiger charge is -2.13. The summed E-state index contributed by atoms with van der Waals surface area (Å²) in [6, 6.07) is 8.08. The van der Waals surface area contributed by atoms with Crippen molar-refractivity contribution in [2.75, 3.05) is 11.9 Å². The fourth-order valence-corrected chi connectivity index (χ4v) is 2.79. The topological polar surface area (TPSA) is 88.8 Å². The molecule has 2 aromatic rings. The molecule has 0 aliphatic heterocycles. The maximum atomic E-state index is 13.6. The van der Waals surface area contributed by atoms with Crippen LogP contribution in [0.1, 0.15) is 18.5 Å². The predicted molar refractivity (Wildman–Crippen MR) is 93.4 cm³/mol. The quantitative estimate of drug-likeness (QED) is 0.453. The van der Waals surface area contributed by atoms with Gasteiger partial charge in [-0.1, -0.05) is 35.3 Å². The highest BCUT2D eigenvalue weighted by Crippen LogP contribution is 2.27. The maximum Gasteiger partial charge on any atom is 0.292 e. The van der Waals surface area contributed by atoms with E-state index >= 15 is 0 Å². The van der Waals surface area contributed by atoms with Crippen molar-refractivity contribution >= 4 is 40.5 Å².